The summed E-state index contributed by atoms with van der Waals surface area (Å²) in [7, 11) is 1.57. The van der Waals surface area contributed by atoms with E-state index in [1.54, 1.807) is 35.9 Å². The molecule has 0 spiro atoms. The smallest absolute Gasteiger partial charge is 0.248 e. The number of fused-ring (bicyclic) bond motifs is 1. The highest BCUT2D eigenvalue weighted by Crippen LogP contribution is 2.24. The summed E-state index contributed by atoms with van der Waals surface area (Å²) >= 11 is 0. The van der Waals surface area contributed by atoms with Gasteiger partial charge in [-0.05, 0) is 24.3 Å². The summed E-state index contributed by atoms with van der Waals surface area (Å²) < 4.78 is 6.60. The summed E-state index contributed by atoms with van der Waals surface area (Å²) in [6, 6.07) is 6.28. The van der Waals surface area contributed by atoms with E-state index in [1.807, 2.05) is 0 Å². The molecule has 8 heteroatoms. The van der Waals surface area contributed by atoms with E-state index in [2.05, 4.69) is 20.8 Å². The SMILES string of the molecule is COc1ccc(NC(=O)C2CC(=O)Nc3nncn32)cc1. The number of amides is 2. The molecule has 2 amide bonds. The van der Waals surface area contributed by atoms with Gasteiger partial charge in [-0.2, -0.15) is 0 Å². The molecule has 8 nitrogen and oxygen atoms in total. The lowest BCUT2D eigenvalue weighted by Crippen LogP contribution is -2.35. The van der Waals surface area contributed by atoms with Gasteiger partial charge in [0.2, 0.25) is 17.8 Å². The maximum Gasteiger partial charge on any atom is 0.248 e. The minimum Gasteiger partial charge on any atom is -0.497 e. The number of carbonyl (C=O) groups excluding carboxylic acids is 2. The van der Waals surface area contributed by atoms with Crippen molar-refractivity contribution >= 4 is 23.5 Å². The van der Waals surface area contributed by atoms with Crippen LogP contribution in [0, 0.1) is 0 Å². The molecule has 0 saturated heterocycles. The Morgan fingerprint density at radius 3 is 2.90 bits per heavy atom. The van der Waals surface area contributed by atoms with E-state index in [0.717, 1.165) is 0 Å². The fourth-order valence-corrected chi connectivity index (χ4v) is 2.13. The zero-order valence-electron chi connectivity index (χ0n) is 11.2. The highest BCUT2D eigenvalue weighted by molar-refractivity contribution is 6.00. The quantitative estimate of drug-likeness (QED) is 0.870. The fourth-order valence-electron chi connectivity index (χ4n) is 2.13. The third-order valence-electron chi connectivity index (χ3n) is 3.20. The molecular weight excluding hydrogens is 274 g/mol. The Bertz CT molecular complexity index is 679. The van der Waals surface area contributed by atoms with Gasteiger partial charge in [0, 0.05) is 5.69 Å². The predicted molar refractivity (Wildman–Crippen MR) is 73.9 cm³/mol. The van der Waals surface area contributed by atoms with Crippen LogP contribution in [0.3, 0.4) is 0 Å². The number of ether oxygens (including phenoxy) is 1. The molecule has 0 bridgehead atoms. The first-order valence-electron chi connectivity index (χ1n) is 6.31. The Kier molecular flexibility index (Phi) is 3.27. The molecule has 1 atom stereocenters. The van der Waals surface area contributed by atoms with Crippen LogP contribution in [-0.2, 0) is 9.59 Å². The number of nitrogens with zero attached hydrogens (tertiary/aromatic N) is 3. The molecule has 0 fully saturated rings. The van der Waals surface area contributed by atoms with Crippen molar-refractivity contribution in [3.63, 3.8) is 0 Å². The van der Waals surface area contributed by atoms with Crippen LogP contribution in [0.2, 0.25) is 0 Å². The molecule has 0 radical (unpaired) electrons. The van der Waals surface area contributed by atoms with Crippen molar-refractivity contribution in [3.05, 3.63) is 30.6 Å². The number of benzene rings is 1. The fraction of sp³-hybridized carbons (Fsp3) is 0.231. The van der Waals surface area contributed by atoms with Crippen LogP contribution in [0.15, 0.2) is 30.6 Å². The van der Waals surface area contributed by atoms with E-state index in [0.29, 0.717) is 11.4 Å². The second-order valence-corrected chi connectivity index (χ2v) is 4.55. The van der Waals surface area contributed by atoms with Crippen LogP contribution in [0.25, 0.3) is 0 Å². The minimum atomic E-state index is -0.661. The molecule has 1 aromatic heterocycles. The Hall–Kier alpha value is -2.90. The molecule has 108 valence electrons. The lowest BCUT2D eigenvalue weighted by Gasteiger charge is -2.23. The molecular formula is C13H13N5O3. The van der Waals surface area contributed by atoms with Gasteiger partial charge < -0.3 is 10.1 Å². The molecule has 0 saturated carbocycles. The van der Waals surface area contributed by atoms with Crippen molar-refractivity contribution in [3.8, 4) is 5.75 Å². The molecule has 1 aliphatic rings. The van der Waals surface area contributed by atoms with Crippen molar-refractivity contribution < 1.29 is 14.3 Å². The molecule has 2 aromatic rings. The number of hydrogen-bond donors (Lipinski definition) is 2. The average molecular weight is 287 g/mol. The minimum absolute atomic E-state index is 0.0486. The Morgan fingerprint density at radius 2 is 2.19 bits per heavy atom. The molecule has 0 aliphatic carbocycles. The largest absolute Gasteiger partial charge is 0.497 e. The number of nitrogens with one attached hydrogen (secondary N) is 2. The molecule has 21 heavy (non-hydrogen) atoms. The van der Waals surface area contributed by atoms with Crippen molar-refractivity contribution in [1.29, 1.82) is 0 Å². The summed E-state index contributed by atoms with van der Waals surface area (Å²) in [4.78, 5) is 23.9. The zero-order chi connectivity index (χ0) is 14.8. The first-order chi connectivity index (χ1) is 10.2. The monoisotopic (exact) mass is 287 g/mol. The maximum atomic E-state index is 12.3. The Balaban J connectivity index is 1.78. The summed E-state index contributed by atoms with van der Waals surface area (Å²) in [6.45, 7) is 0. The van der Waals surface area contributed by atoms with E-state index in [4.69, 9.17) is 4.74 Å². The third-order valence-corrected chi connectivity index (χ3v) is 3.20. The van der Waals surface area contributed by atoms with Gasteiger partial charge in [-0.3, -0.25) is 19.5 Å². The van der Waals surface area contributed by atoms with Crippen molar-refractivity contribution in [2.75, 3.05) is 17.7 Å². The summed E-state index contributed by atoms with van der Waals surface area (Å²) in [5.74, 6) is 0.425. The predicted octanol–water partition coefficient (Wildman–Crippen LogP) is 0.809. The number of hydrogen-bond acceptors (Lipinski definition) is 5. The van der Waals surface area contributed by atoms with E-state index in [9.17, 15) is 9.59 Å². The summed E-state index contributed by atoms with van der Waals surface area (Å²) in [5, 5.41) is 12.8. The first-order valence-corrected chi connectivity index (χ1v) is 6.31. The Labute approximate surface area is 120 Å². The van der Waals surface area contributed by atoms with Gasteiger partial charge in [0.05, 0.1) is 13.5 Å². The molecule has 2 heterocycles. The van der Waals surface area contributed by atoms with Gasteiger partial charge in [-0.25, -0.2) is 0 Å². The normalized spacial score (nSPS) is 16.8. The number of aromatic nitrogens is 3. The summed E-state index contributed by atoms with van der Waals surface area (Å²) in [5.41, 5.74) is 0.626. The van der Waals surface area contributed by atoms with E-state index in [-0.39, 0.29) is 24.2 Å². The standard InChI is InChI=1S/C13H13N5O3/c1-21-9-4-2-8(3-5-9)15-12(20)10-6-11(19)16-13-17-14-7-18(10)13/h2-5,7,10H,6H2,1H3,(H,15,20)(H,16,17,19). The van der Waals surface area contributed by atoms with Crippen LogP contribution in [0.5, 0.6) is 5.75 Å². The van der Waals surface area contributed by atoms with E-state index < -0.39 is 6.04 Å². The van der Waals surface area contributed by atoms with Crippen molar-refractivity contribution in [1.82, 2.24) is 14.8 Å². The number of carbonyl (C=O) groups is 2. The van der Waals surface area contributed by atoms with E-state index in [1.165, 1.54) is 6.33 Å². The number of methoxy groups -OCH3 is 1. The second-order valence-electron chi connectivity index (χ2n) is 4.55. The van der Waals surface area contributed by atoms with E-state index >= 15 is 0 Å². The van der Waals surface area contributed by atoms with Crippen LogP contribution in [0.4, 0.5) is 11.6 Å². The molecule has 1 aliphatic heterocycles. The topological polar surface area (TPSA) is 98.1 Å². The highest BCUT2D eigenvalue weighted by atomic mass is 16.5. The van der Waals surface area contributed by atoms with Gasteiger partial charge in [0.1, 0.15) is 18.1 Å². The van der Waals surface area contributed by atoms with Gasteiger partial charge in [-0.1, -0.05) is 0 Å². The lowest BCUT2D eigenvalue weighted by molar-refractivity contribution is -0.125. The van der Waals surface area contributed by atoms with Gasteiger partial charge in [0.15, 0.2) is 0 Å². The van der Waals surface area contributed by atoms with Gasteiger partial charge in [-0.15, -0.1) is 10.2 Å². The van der Waals surface area contributed by atoms with Crippen LogP contribution in [0.1, 0.15) is 12.5 Å². The molecule has 1 unspecified atom stereocenters. The highest BCUT2D eigenvalue weighted by Gasteiger charge is 2.31. The maximum absolute atomic E-state index is 12.3. The molecule has 3 rings (SSSR count). The van der Waals surface area contributed by atoms with Crippen molar-refractivity contribution in [2.45, 2.75) is 12.5 Å². The number of anilines is 2. The average Bonchev–Trinajstić information content (AvgIpc) is 2.95. The van der Waals surface area contributed by atoms with Crippen LogP contribution >= 0.6 is 0 Å². The summed E-state index contributed by atoms with van der Waals surface area (Å²) in [6.07, 6.45) is 1.47. The molecule has 2 N–H and O–H groups in total. The number of rotatable bonds is 3. The van der Waals surface area contributed by atoms with Crippen LogP contribution < -0.4 is 15.4 Å². The van der Waals surface area contributed by atoms with Gasteiger partial charge in [0.25, 0.3) is 0 Å². The second kappa shape index (κ2) is 5.23. The van der Waals surface area contributed by atoms with Crippen molar-refractivity contribution in [2.24, 2.45) is 0 Å². The zero-order valence-corrected chi connectivity index (χ0v) is 11.2. The third kappa shape index (κ3) is 2.55. The van der Waals surface area contributed by atoms with Gasteiger partial charge >= 0.3 is 0 Å². The van der Waals surface area contributed by atoms with Crippen LogP contribution in [-0.4, -0.2) is 33.7 Å². The Morgan fingerprint density at radius 1 is 1.43 bits per heavy atom. The first kappa shape index (κ1) is 13.1. The lowest BCUT2D eigenvalue weighted by atomic mass is 10.1. The molecule has 1 aromatic carbocycles.